The maximum Gasteiger partial charge on any atom is 0.203 e. The van der Waals surface area contributed by atoms with Crippen LogP contribution in [0.25, 0.3) is 0 Å². The number of phenolic OH excluding ortho intramolecular Hbond substituents is 1. The fraction of sp³-hybridized carbons (Fsp3) is 0.500. The van der Waals surface area contributed by atoms with Gasteiger partial charge < -0.3 is 20.0 Å². The van der Waals surface area contributed by atoms with Crippen LogP contribution >= 0.6 is 0 Å². The summed E-state index contributed by atoms with van der Waals surface area (Å²) in [7, 11) is 3.04. The van der Waals surface area contributed by atoms with Gasteiger partial charge in [0.1, 0.15) is 0 Å². The molecular formula is C14H21NO3. The van der Waals surface area contributed by atoms with E-state index in [-0.39, 0.29) is 5.75 Å². The topological polar surface area (TPSA) is 62.5 Å². The van der Waals surface area contributed by atoms with Crippen LogP contribution in [0.4, 0.5) is 0 Å². The van der Waals surface area contributed by atoms with Gasteiger partial charge in [-0.15, -0.1) is 0 Å². The standard InChI is InChI=1S/C14H21NO3/c1-4-5-11(15)7-6-10-8-12(16)14(18-3)13(9-10)17-2/h8-9,15-16H,4-7H2,1-3H3. The van der Waals surface area contributed by atoms with Crippen LogP contribution in [0.1, 0.15) is 31.7 Å². The first-order chi connectivity index (χ1) is 8.62. The van der Waals surface area contributed by atoms with Gasteiger partial charge in [0, 0.05) is 5.71 Å². The first-order valence-electron chi connectivity index (χ1n) is 6.12. The smallest absolute Gasteiger partial charge is 0.203 e. The summed E-state index contributed by atoms with van der Waals surface area (Å²) in [4.78, 5) is 0. The van der Waals surface area contributed by atoms with Gasteiger partial charge in [-0.25, -0.2) is 0 Å². The Bertz CT molecular complexity index is 416. The summed E-state index contributed by atoms with van der Waals surface area (Å²) in [6.45, 7) is 2.07. The molecule has 0 heterocycles. The van der Waals surface area contributed by atoms with E-state index >= 15 is 0 Å². The molecule has 0 bridgehead atoms. The number of phenols is 1. The molecule has 0 saturated carbocycles. The summed E-state index contributed by atoms with van der Waals surface area (Å²) in [6.07, 6.45) is 3.27. The third kappa shape index (κ3) is 3.65. The first-order valence-corrected chi connectivity index (χ1v) is 6.12. The van der Waals surface area contributed by atoms with Crippen molar-refractivity contribution in [2.45, 2.75) is 32.6 Å². The zero-order valence-corrected chi connectivity index (χ0v) is 11.2. The second-order valence-corrected chi connectivity index (χ2v) is 4.20. The molecule has 2 N–H and O–H groups in total. The lowest BCUT2D eigenvalue weighted by Crippen LogP contribution is -1.99. The van der Waals surface area contributed by atoms with Crippen molar-refractivity contribution in [3.05, 3.63) is 17.7 Å². The molecule has 1 aromatic rings. The van der Waals surface area contributed by atoms with Gasteiger partial charge in [-0.05, 0) is 37.0 Å². The minimum absolute atomic E-state index is 0.0777. The molecular weight excluding hydrogens is 230 g/mol. The molecule has 1 aromatic carbocycles. The Morgan fingerprint density at radius 2 is 1.94 bits per heavy atom. The van der Waals surface area contributed by atoms with E-state index in [4.69, 9.17) is 14.9 Å². The molecule has 0 fully saturated rings. The Labute approximate surface area is 108 Å². The number of hydrogen-bond donors (Lipinski definition) is 2. The Kier molecular flexibility index (Phi) is 5.49. The Hall–Kier alpha value is -1.71. The van der Waals surface area contributed by atoms with E-state index in [1.54, 1.807) is 13.2 Å². The van der Waals surface area contributed by atoms with Crippen molar-refractivity contribution in [2.75, 3.05) is 14.2 Å². The van der Waals surface area contributed by atoms with Crippen LogP contribution in [-0.2, 0) is 6.42 Å². The van der Waals surface area contributed by atoms with Gasteiger partial charge in [0.25, 0.3) is 0 Å². The predicted octanol–water partition coefficient (Wildman–Crippen LogP) is 3.16. The fourth-order valence-corrected chi connectivity index (χ4v) is 1.87. The Morgan fingerprint density at radius 1 is 1.22 bits per heavy atom. The minimum Gasteiger partial charge on any atom is -0.504 e. The van der Waals surface area contributed by atoms with Crippen LogP contribution in [-0.4, -0.2) is 25.0 Å². The van der Waals surface area contributed by atoms with Crippen molar-refractivity contribution < 1.29 is 14.6 Å². The van der Waals surface area contributed by atoms with Gasteiger partial charge >= 0.3 is 0 Å². The highest BCUT2D eigenvalue weighted by Gasteiger charge is 2.11. The Balaban J connectivity index is 2.78. The lowest BCUT2D eigenvalue weighted by molar-refractivity contribution is 0.332. The number of aromatic hydroxyl groups is 1. The minimum atomic E-state index is 0.0777. The summed E-state index contributed by atoms with van der Waals surface area (Å²) in [5, 5.41) is 17.6. The fourth-order valence-electron chi connectivity index (χ4n) is 1.87. The predicted molar refractivity (Wildman–Crippen MR) is 72.2 cm³/mol. The van der Waals surface area contributed by atoms with Crippen molar-refractivity contribution in [1.29, 1.82) is 5.41 Å². The maximum atomic E-state index is 9.81. The molecule has 0 aliphatic rings. The molecule has 0 amide bonds. The monoisotopic (exact) mass is 251 g/mol. The molecule has 0 atom stereocenters. The van der Waals surface area contributed by atoms with Crippen molar-refractivity contribution in [2.24, 2.45) is 0 Å². The molecule has 0 radical (unpaired) electrons. The van der Waals surface area contributed by atoms with Gasteiger partial charge in [-0.2, -0.15) is 0 Å². The molecule has 100 valence electrons. The van der Waals surface area contributed by atoms with Gasteiger partial charge in [-0.1, -0.05) is 13.3 Å². The number of ether oxygens (including phenoxy) is 2. The van der Waals surface area contributed by atoms with Gasteiger partial charge in [0.05, 0.1) is 14.2 Å². The zero-order chi connectivity index (χ0) is 13.5. The lowest BCUT2D eigenvalue weighted by Gasteiger charge is -2.11. The molecule has 4 nitrogen and oxygen atoms in total. The number of aryl methyl sites for hydroxylation is 1. The van der Waals surface area contributed by atoms with E-state index < -0.39 is 0 Å². The SMILES string of the molecule is CCCC(=N)CCc1cc(O)c(OC)c(OC)c1. The third-order valence-corrected chi connectivity index (χ3v) is 2.79. The maximum absolute atomic E-state index is 9.81. The molecule has 0 aromatic heterocycles. The average Bonchev–Trinajstić information content (AvgIpc) is 2.36. The Morgan fingerprint density at radius 3 is 2.50 bits per heavy atom. The number of benzene rings is 1. The second-order valence-electron chi connectivity index (χ2n) is 4.20. The van der Waals surface area contributed by atoms with E-state index in [0.717, 1.165) is 30.5 Å². The quantitative estimate of drug-likeness (QED) is 0.732. The average molecular weight is 251 g/mol. The lowest BCUT2D eigenvalue weighted by atomic mass is 10.0. The summed E-state index contributed by atoms with van der Waals surface area (Å²) in [5.41, 5.74) is 1.69. The highest BCUT2D eigenvalue weighted by molar-refractivity contribution is 5.81. The number of rotatable bonds is 7. The van der Waals surface area contributed by atoms with Crippen LogP contribution in [0.5, 0.6) is 17.2 Å². The van der Waals surface area contributed by atoms with Crippen LogP contribution in [0.15, 0.2) is 12.1 Å². The number of methoxy groups -OCH3 is 2. The van der Waals surface area contributed by atoms with E-state index in [9.17, 15) is 5.11 Å². The highest BCUT2D eigenvalue weighted by Crippen LogP contribution is 2.37. The number of hydrogen-bond acceptors (Lipinski definition) is 4. The largest absolute Gasteiger partial charge is 0.504 e. The molecule has 0 spiro atoms. The molecule has 0 aliphatic carbocycles. The highest BCUT2D eigenvalue weighted by atomic mass is 16.5. The van der Waals surface area contributed by atoms with Crippen molar-refractivity contribution in [3.8, 4) is 17.2 Å². The summed E-state index contributed by atoms with van der Waals surface area (Å²) >= 11 is 0. The van der Waals surface area contributed by atoms with E-state index in [1.807, 2.05) is 6.07 Å². The van der Waals surface area contributed by atoms with Gasteiger partial charge in [0.2, 0.25) is 5.75 Å². The molecule has 0 unspecified atom stereocenters. The summed E-state index contributed by atoms with van der Waals surface area (Å²) < 4.78 is 10.2. The molecule has 0 aliphatic heterocycles. The van der Waals surface area contributed by atoms with Crippen molar-refractivity contribution >= 4 is 5.71 Å². The van der Waals surface area contributed by atoms with Crippen LogP contribution in [0.3, 0.4) is 0 Å². The van der Waals surface area contributed by atoms with E-state index in [1.165, 1.54) is 7.11 Å². The molecule has 1 rings (SSSR count). The first kappa shape index (κ1) is 14.4. The van der Waals surface area contributed by atoms with Crippen LogP contribution in [0, 0.1) is 5.41 Å². The summed E-state index contributed by atoms with van der Waals surface area (Å²) in [5.74, 6) is 0.952. The third-order valence-electron chi connectivity index (χ3n) is 2.79. The van der Waals surface area contributed by atoms with Gasteiger partial charge in [0.15, 0.2) is 11.5 Å². The van der Waals surface area contributed by atoms with Gasteiger partial charge in [-0.3, -0.25) is 0 Å². The van der Waals surface area contributed by atoms with E-state index in [2.05, 4.69) is 6.92 Å². The van der Waals surface area contributed by atoms with Crippen molar-refractivity contribution in [1.82, 2.24) is 0 Å². The zero-order valence-electron chi connectivity index (χ0n) is 11.2. The van der Waals surface area contributed by atoms with Crippen LogP contribution in [0.2, 0.25) is 0 Å². The molecule has 4 heteroatoms. The van der Waals surface area contributed by atoms with Crippen LogP contribution < -0.4 is 9.47 Å². The molecule has 18 heavy (non-hydrogen) atoms. The molecule has 0 saturated heterocycles. The normalized spacial score (nSPS) is 10.2. The summed E-state index contributed by atoms with van der Waals surface area (Å²) in [6, 6.07) is 3.51. The van der Waals surface area contributed by atoms with Crippen molar-refractivity contribution in [3.63, 3.8) is 0 Å². The number of nitrogens with one attached hydrogen (secondary N) is 1. The van der Waals surface area contributed by atoms with E-state index in [0.29, 0.717) is 17.9 Å². The second kappa shape index (κ2) is 6.89.